The number of benzene rings is 2. The molecule has 1 saturated heterocycles. The lowest BCUT2D eigenvalue weighted by Crippen LogP contribution is -2.33. The topological polar surface area (TPSA) is 315 Å². The van der Waals surface area contributed by atoms with Gasteiger partial charge in [-0.2, -0.15) is 12.9 Å². The van der Waals surface area contributed by atoms with Crippen LogP contribution in [0.5, 0.6) is 5.75 Å². The van der Waals surface area contributed by atoms with Gasteiger partial charge < -0.3 is 39.9 Å². The second-order valence-electron chi connectivity index (χ2n) is 9.11. The van der Waals surface area contributed by atoms with Crippen molar-refractivity contribution in [2.45, 2.75) is 24.5 Å². The van der Waals surface area contributed by atoms with Crippen LogP contribution in [-0.4, -0.2) is 74.2 Å². The molecular formula is C20H23N5O16P4. The number of nitrogens with two attached hydrogens (primary N) is 1. The lowest BCUT2D eigenvalue weighted by molar-refractivity contribution is -0.0503. The molecule has 3 heterocycles. The van der Waals surface area contributed by atoms with Crippen LogP contribution in [0, 0.1) is 0 Å². The number of aliphatic hydroxyl groups is 2. The number of nitrogens with zero attached hydrogens (tertiary/aromatic N) is 4. The summed E-state index contributed by atoms with van der Waals surface area (Å²) in [4.78, 5) is 51.3. The van der Waals surface area contributed by atoms with Crippen LogP contribution in [0.3, 0.4) is 0 Å². The van der Waals surface area contributed by atoms with Crippen LogP contribution in [0.1, 0.15) is 6.23 Å². The summed E-state index contributed by atoms with van der Waals surface area (Å²) in [6.07, 6.45) is -4.05. The van der Waals surface area contributed by atoms with Gasteiger partial charge in [-0.25, -0.2) is 33.2 Å². The number of hydrogen-bond acceptors (Lipinski definition) is 16. The highest BCUT2D eigenvalue weighted by atomic mass is 31.3. The zero-order valence-corrected chi connectivity index (χ0v) is 25.7. The highest BCUT2D eigenvalue weighted by Crippen LogP contribution is 2.71. The number of aromatic nitrogens is 4. The molecule has 21 nitrogen and oxygen atoms in total. The molecule has 1 aliphatic heterocycles. The summed E-state index contributed by atoms with van der Waals surface area (Å²) in [5, 5.41) is 21.7. The summed E-state index contributed by atoms with van der Waals surface area (Å²) in [5.74, 6) is -0.254. The SMILES string of the molecule is Nc1ncnc2c1ncn2[C@@H]1O[C@H](COP(=O)(O)OP(=O)(O)OP(=O)(O)OP(=O)(O)Oc2cccc3ccccc23)C(O)[C@@H]1O. The van der Waals surface area contributed by atoms with E-state index in [1.165, 1.54) is 29.1 Å². The van der Waals surface area contributed by atoms with E-state index in [9.17, 15) is 48.0 Å². The fourth-order valence-corrected chi connectivity index (χ4v) is 9.15. The Bertz CT molecular complexity index is 1920. The van der Waals surface area contributed by atoms with E-state index in [1.54, 1.807) is 24.3 Å². The minimum absolute atomic E-state index is 0.0117. The van der Waals surface area contributed by atoms with Crippen molar-refractivity contribution in [3.63, 3.8) is 0 Å². The Hall–Kier alpha value is -2.67. The van der Waals surface area contributed by atoms with Crippen LogP contribution >= 0.6 is 31.3 Å². The zero-order valence-electron chi connectivity index (χ0n) is 22.1. The molecule has 0 spiro atoms. The lowest BCUT2D eigenvalue weighted by Gasteiger charge is -2.21. The molecular weight excluding hydrogens is 690 g/mol. The van der Waals surface area contributed by atoms with Gasteiger partial charge in [-0.1, -0.05) is 36.4 Å². The first-order valence-corrected chi connectivity index (χ1v) is 18.2. The van der Waals surface area contributed by atoms with Crippen LogP contribution in [0.4, 0.5) is 5.82 Å². The van der Waals surface area contributed by atoms with Crippen molar-refractivity contribution in [3.05, 3.63) is 55.1 Å². The van der Waals surface area contributed by atoms with E-state index in [2.05, 4.69) is 32.4 Å². The first-order chi connectivity index (χ1) is 21.0. The van der Waals surface area contributed by atoms with Crippen LogP contribution in [0.25, 0.3) is 21.9 Å². The molecule has 0 aliphatic carbocycles. The molecule has 45 heavy (non-hydrogen) atoms. The number of aliphatic hydroxyl groups excluding tert-OH is 2. The Kier molecular flexibility index (Phi) is 9.36. The highest BCUT2D eigenvalue weighted by Gasteiger charge is 2.48. The van der Waals surface area contributed by atoms with Gasteiger partial charge >= 0.3 is 31.3 Å². The van der Waals surface area contributed by atoms with Gasteiger partial charge in [0.05, 0.1) is 12.9 Å². The second kappa shape index (κ2) is 12.5. The fourth-order valence-electron chi connectivity index (χ4n) is 4.18. The molecule has 0 bridgehead atoms. The molecule has 4 aromatic rings. The van der Waals surface area contributed by atoms with Crippen LogP contribution < -0.4 is 10.3 Å². The van der Waals surface area contributed by atoms with E-state index in [1.807, 2.05) is 0 Å². The van der Waals surface area contributed by atoms with Gasteiger partial charge in [0.15, 0.2) is 17.7 Å². The summed E-state index contributed by atoms with van der Waals surface area (Å²) in [6, 6.07) is 10.7. The molecule has 0 amide bonds. The van der Waals surface area contributed by atoms with Crippen LogP contribution in [0.15, 0.2) is 55.1 Å². The van der Waals surface area contributed by atoms with E-state index < -0.39 is 62.4 Å². The Balaban J connectivity index is 1.19. The maximum absolute atomic E-state index is 12.4. The number of fused-ring (bicyclic) bond motifs is 2. The maximum atomic E-state index is 12.4. The van der Waals surface area contributed by atoms with Crippen molar-refractivity contribution < 1.29 is 74.8 Å². The fraction of sp³-hybridized carbons (Fsp3) is 0.250. The number of ether oxygens (including phenoxy) is 1. The Morgan fingerprint density at radius 2 is 1.47 bits per heavy atom. The number of nitrogen functional groups attached to an aromatic ring is 1. The highest BCUT2D eigenvalue weighted by molar-refractivity contribution is 7.69. The number of phosphoric ester groups is 2. The third kappa shape index (κ3) is 7.84. The van der Waals surface area contributed by atoms with E-state index >= 15 is 0 Å². The van der Waals surface area contributed by atoms with Crippen molar-refractivity contribution in [2.24, 2.45) is 0 Å². The van der Waals surface area contributed by atoms with E-state index in [0.29, 0.717) is 10.8 Å². The predicted octanol–water partition coefficient (Wildman–Crippen LogP) is 1.73. The summed E-state index contributed by atoms with van der Waals surface area (Å²) in [6.45, 7) is -1.05. The van der Waals surface area contributed by atoms with Crippen molar-refractivity contribution in [2.75, 3.05) is 12.3 Å². The average molecular weight is 713 g/mol. The Morgan fingerprint density at radius 3 is 2.20 bits per heavy atom. The molecule has 5 unspecified atom stereocenters. The molecule has 1 fully saturated rings. The number of anilines is 1. The third-order valence-electron chi connectivity index (χ3n) is 5.98. The summed E-state index contributed by atoms with van der Waals surface area (Å²) >= 11 is 0. The van der Waals surface area contributed by atoms with Gasteiger partial charge in [0.1, 0.15) is 35.9 Å². The Labute approximate surface area is 251 Å². The molecule has 8 atom stereocenters. The number of rotatable bonds is 12. The molecule has 0 saturated carbocycles. The van der Waals surface area contributed by atoms with Gasteiger partial charge in [0.2, 0.25) is 0 Å². The molecule has 0 radical (unpaired) electrons. The molecule has 2 aromatic carbocycles. The largest absolute Gasteiger partial charge is 0.536 e. The minimum Gasteiger partial charge on any atom is -0.403 e. The first kappa shape index (κ1) is 33.7. The number of hydrogen-bond donors (Lipinski definition) is 7. The summed E-state index contributed by atoms with van der Waals surface area (Å²) < 4.78 is 77.1. The third-order valence-corrected chi connectivity index (χ3v) is 11.8. The molecule has 8 N–H and O–H groups in total. The lowest BCUT2D eigenvalue weighted by atomic mass is 10.1. The first-order valence-electron chi connectivity index (χ1n) is 12.2. The monoisotopic (exact) mass is 713 g/mol. The van der Waals surface area contributed by atoms with Gasteiger partial charge in [-0.05, 0) is 11.5 Å². The summed E-state index contributed by atoms with van der Waals surface area (Å²) in [7, 11) is -23.3. The second-order valence-corrected chi connectivity index (χ2v) is 15.3. The van der Waals surface area contributed by atoms with Crippen molar-refractivity contribution in [1.82, 2.24) is 19.5 Å². The molecule has 244 valence electrons. The van der Waals surface area contributed by atoms with E-state index in [0.717, 1.165) is 6.33 Å². The zero-order chi connectivity index (χ0) is 32.8. The molecule has 1 aliphatic rings. The van der Waals surface area contributed by atoms with E-state index in [4.69, 9.17) is 15.0 Å². The molecule has 2 aromatic heterocycles. The van der Waals surface area contributed by atoms with Gasteiger partial charge in [0, 0.05) is 5.39 Å². The van der Waals surface area contributed by atoms with Crippen LogP contribution in [0.2, 0.25) is 0 Å². The number of imidazole rings is 1. The normalized spacial score (nSPS) is 25.7. The average Bonchev–Trinajstić information content (AvgIpc) is 3.47. The smallest absolute Gasteiger partial charge is 0.403 e. The Morgan fingerprint density at radius 1 is 0.822 bits per heavy atom. The summed E-state index contributed by atoms with van der Waals surface area (Å²) in [5.41, 5.74) is 5.98. The molecule has 25 heteroatoms. The van der Waals surface area contributed by atoms with Gasteiger partial charge in [-0.15, -0.1) is 0 Å². The van der Waals surface area contributed by atoms with Gasteiger partial charge in [-0.3, -0.25) is 14.0 Å². The van der Waals surface area contributed by atoms with Crippen molar-refractivity contribution >= 4 is 59.0 Å². The predicted molar refractivity (Wildman–Crippen MR) is 149 cm³/mol. The number of phosphoric acid groups is 4. The maximum Gasteiger partial charge on any atom is 0.536 e. The quantitative estimate of drug-likeness (QED) is 0.103. The minimum atomic E-state index is -6.07. The van der Waals surface area contributed by atoms with E-state index in [-0.39, 0.29) is 22.7 Å². The standard InChI is InChI=1S/C20H23N5O16P4/c21-18-15-19(23-9-22-18)25(10-24-15)20-17(27)16(26)14(37-20)8-36-42(28,29)39-44(32,33)41-45(34,35)40-43(30,31)38-13-7-3-5-11-4-1-2-6-12(11)13/h1-7,9-10,14,16-17,20,26-27H,8H2,(H,28,29)(H,30,31)(H,32,33)(H,34,35)(H2,21,22,23)/t14-,16?,17+,20-/m1/s1. The van der Waals surface area contributed by atoms with Crippen molar-refractivity contribution in [1.29, 1.82) is 0 Å². The van der Waals surface area contributed by atoms with Gasteiger partial charge in [0.25, 0.3) is 0 Å². The van der Waals surface area contributed by atoms with Crippen LogP contribution in [-0.2, 0) is 40.5 Å². The molecule has 5 rings (SSSR count). The van der Waals surface area contributed by atoms with Crippen molar-refractivity contribution in [3.8, 4) is 5.75 Å².